The molecule has 4 atom stereocenters. The molecule has 0 saturated carbocycles. The summed E-state index contributed by atoms with van der Waals surface area (Å²) in [4.78, 5) is 45.5. The molecule has 3 unspecified atom stereocenters. The number of nitrogens with one attached hydrogen (secondary N) is 3. The summed E-state index contributed by atoms with van der Waals surface area (Å²) in [6.07, 6.45) is 12.3. The third-order valence-electron chi connectivity index (χ3n) is 6.95. The Hall–Kier alpha value is -2.27. The molecule has 1 heterocycles. The van der Waals surface area contributed by atoms with Gasteiger partial charge in [-0.05, 0) is 57.9 Å². The second kappa shape index (κ2) is 28.2. The Morgan fingerprint density at radius 1 is 1.14 bits per heavy atom. The van der Waals surface area contributed by atoms with Crippen LogP contribution in [0.2, 0.25) is 0 Å². The molecule has 1 fully saturated rings. The minimum absolute atomic E-state index is 0.00103. The van der Waals surface area contributed by atoms with E-state index in [4.69, 9.17) is 9.90 Å². The van der Waals surface area contributed by atoms with Crippen LogP contribution in [-0.4, -0.2) is 89.2 Å². The van der Waals surface area contributed by atoms with Crippen LogP contribution in [0, 0.1) is 11.3 Å². The van der Waals surface area contributed by atoms with Gasteiger partial charge in [-0.25, -0.2) is 4.79 Å². The molecule has 1 aliphatic heterocycles. The first-order valence-electron chi connectivity index (χ1n) is 16.3. The summed E-state index contributed by atoms with van der Waals surface area (Å²) in [5.41, 5.74) is -0.0621. The lowest BCUT2D eigenvalue weighted by Crippen LogP contribution is -2.53. The second-order valence-corrected chi connectivity index (χ2v) is 13.4. The average molecular weight is 646 g/mol. The Kier molecular flexibility index (Phi) is 29.6. The van der Waals surface area contributed by atoms with Gasteiger partial charge in [-0.3, -0.25) is 18.7 Å². The van der Waals surface area contributed by atoms with Crippen LogP contribution in [0.3, 0.4) is 0 Å². The molecule has 0 aromatic carbocycles. The topological polar surface area (TPSA) is 131 Å². The van der Waals surface area contributed by atoms with Crippen LogP contribution in [0.25, 0.3) is 0 Å². The minimum atomic E-state index is -0.833. The molecule has 1 aliphatic rings. The number of allylic oxidation sites excluding steroid dienone is 1. The minimum Gasteiger partial charge on any atom is -0.481 e. The van der Waals surface area contributed by atoms with Gasteiger partial charge in [0.05, 0.1) is 6.54 Å². The number of urea groups is 1. The van der Waals surface area contributed by atoms with Crippen LogP contribution in [0.4, 0.5) is 4.79 Å². The first-order valence-corrected chi connectivity index (χ1v) is 17.3. The van der Waals surface area contributed by atoms with Gasteiger partial charge in [0.1, 0.15) is 0 Å². The van der Waals surface area contributed by atoms with E-state index in [2.05, 4.69) is 80.9 Å². The van der Waals surface area contributed by atoms with Gasteiger partial charge in [0.15, 0.2) is 0 Å². The maximum atomic E-state index is 12.2. The Labute approximate surface area is 274 Å². The van der Waals surface area contributed by atoms with E-state index in [1.165, 1.54) is 19.3 Å². The summed E-state index contributed by atoms with van der Waals surface area (Å²) < 4.78 is 2.15. The first-order chi connectivity index (χ1) is 20.6. The summed E-state index contributed by atoms with van der Waals surface area (Å²) >= 11 is 1.74. The van der Waals surface area contributed by atoms with Crippen LogP contribution in [0.1, 0.15) is 115 Å². The summed E-state index contributed by atoms with van der Waals surface area (Å²) in [6.45, 7) is 23.6. The van der Waals surface area contributed by atoms with E-state index in [1.807, 2.05) is 32.7 Å². The smallest absolute Gasteiger partial charge is 0.315 e. The highest BCUT2D eigenvalue weighted by molar-refractivity contribution is 7.96. The molecule has 260 valence electrons. The first kappa shape index (κ1) is 46.2. The predicted octanol–water partition coefficient (Wildman–Crippen LogP) is 6.32. The normalized spacial score (nSPS) is 16.2. The third-order valence-corrected chi connectivity index (χ3v) is 7.80. The van der Waals surface area contributed by atoms with Gasteiger partial charge in [0.25, 0.3) is 5.97 Å². The number of carbonyl (C=O) groups is 4. The van der Waals surface area contributed by atoms with E-state index in [0.717, 1.165) is 51.4 Å². The third kappa shape index (κ3) is 26.2. The van der Waals surface area contributed by atoms with E-state index in [-0.39, 0.29) is 42.0 Å². The van der Waals surface area contributed by atoms with Gasteiger partial charge in [0.2, 0.25) is 12.3 Å². The van der Waals surface area contributed by atoms with Gasteiger partial charge in [-0.15, -0.1) is 0 Å². The van der Waals surface area contributed by atoms with E-state index in [9.17, 15) is 14.4 Å². The van der Waals surface area contributed by atoms with Crippen molar-refractivity contribution in [1.82, 2.24) is 25.2 Å². The molecule has 0 bridgehead atoms. The van der Waals surface area contributed by atoms with Gasteiger partial charge < -0.3 is 26.0 Å². The second-order valence-electron chi connectivity index (χ2n) is 11.9. The van der Waals surface area contributed by atoms with Crippen molar-refractivity contribution in [2.75, 3.05) is 32.4 Å². The van der Waals surface area contributed by atoms with Crippen LogP contribution >= 0.6 is 11.9 Å². The molecule has 0 aromatic rings. The number of carboxylic acids is 1. The molecule has 4 amide bonds. The maximum Gasteiger partial charge on any atom is 0.315 e. The van der Waals surface area contributed by atoms with Crippen molar-refractivity contribution in [3.8, 4) is 0 Å². The summed E-state index contributed by atoms with van der Waals surface area (Å²) in [7, 11) is 2.03. The fourth-order valence-electron chi connectivity index (χ4n) is 4.09. The highest BCUT2D eigenvalue weighted by atomic mass is 32.2. The van der Waals surface area contributed by atoms with Crippen molar-refractivity contribution in [2.24, 2.45) is 11.3 Å². The van der Waals surface area contributed by atoms with E-state index < -0.39 is 5.97 Å². The fourth-order valence-corrected chi connectivity index (χ4v) is 4.78. The van der Waals surface area contributed by atoms with Crippen molar-refractivity contribution in [3.63, 3.8) is 0 Å². The van der Waals surface area contributed by atoms with E-state index in [1.54, 1.807) is 11.9 Å². The average Bonchev–Trinajstić information content (AvgIpc) is 3.38. The molecule has 0 spiro atoms. The zero-order chi connectivity index (χ0) is 34.7. The Morgan fingerprint density at radius 3 is 2.18 bits per heavy atom. The molecule has 4 N–H and O–H groups in total. The highest BCUT2D eigenvalue weighted by Crippen LogP contribution is 2.22. The SMILES string of the molecule is CC.CC(=O)O.CCCCC/C=C\C(C)C(C)NC=O.CCSN(C)CC(NC(=O)NCC(=O)N1CCC[C@H]1C)C(C)(C)C. The largest absolute Gasteiger partial charge is 0.481 e. The lowest BCUT2D eigenvalue weighted by Gasteiger charge is -2.34. The fraction of sp³-hybridized carbons (Fsp3) is 0.818. The number of likely N-dealkylation sites (tertiary alicyclic amines) is 1. The molecule has 11 heteroatoms. The van der Waals surface area contributed by atoms with Crippen molar-refractivity contribution >= 4 is 36.3 Å². The number of carboxylic acid groups (broad SMARTS) is 1. The Morgan fingerprint density at radius 2 is 1.73 bits per heavy atom. The zero-order valence-corrected chi connectivity index (χ0v) is 30.8. The highest BCUT2D eigenvalue weighted by Gasteiger charge is 2.29. The number of likely N-dealkylation sites (N-methyl/N-ethyl adjacent to an activating group) is 1. The molecular weight excluding hydrogens is 578 g/mol. The summed E-state index contributed by atoms with van der Waals surface area (Å²) in [5, 5.41) is 15.9. The van der Waals surface area contributed by atoms with Gasteiger partial charge in [-0.1, -0.05) is 92.3 Å². The number of aliphatic carboxylic acids is 1. The van der Waals surface area contributed by atoms with Crippen LogP contribution in [-0.2, 0) is 14.4 Å². The molecule has 1 saturated heterocycles. The Bertz CT molecular complexity index is 787. The standard InChI is InChI=1S/C17H34N4O2S.C12H23NO.C2H4O2.C2H6/c1-7-24-20(6)12-14(17(3,4)5)19-16(23)18-11-15(22)21-10-8-9-13(21)2;1-4-5-6-7-8-9-11(2)12(3)13-10-14;1-2(3)4;1-2/h13-14H,7-12H2,1-6H3,(H2,18,19,23);8-12H,4-7H2,1-3H3,(H,13,14);1H3,(H,3,4);1-2H3/b;9-8-;;/t13-,14?;;;/m1.../s1. The number of rotatable bonds is 15. The van der Waals surface area contributed by atoms with Crippen LogP contribution in [0.5, 0.6) is 0 Å². The lowest BCUT2D eigenvalue weighted by atomic mass is 9.87. The van der Waals surface area contributed by atoms with Crippen molar-refractivity contribution < 1.29 is 24.3 Å². The van der Waals surface area contributed by atoms with Crippen molar-refractivity contribution in [3.05, 3.63) is 12.2 Å². The molecule has 44 heavy (non-hydrogen) atoms. The Balaban J connectivity index is -0.000000710. The van der Waals surface area contributed by atoms with Gasteiger partial charge >= 0.3 is 6.03 Å². The van der Waals surface area contributed by atoms with Crippen molar-refractivity contribution in [2.45, 2.75) is 133 Å². The number of amides is 4. The van der Waals surface area contributed by atoms with Gasteiger partial charge in [-0.2, -0.15) is 0 Å². The monoisotopic (exact) mass is 645 g/mol. The quantitative estimate of drug-likeness (QED) is 0.0709. The molecule has 10 nitrogen and oxygen atoms in total. The summed E-state index contributed by atoms with van der Waals surface area (Å²) in [6, 6.07) is 0.242. The number of unbranched alkanes of at least 4 members (excludes halogenated alkanes) is 3. The van der Waals surface area contributed by atoms with Crippen molar-refractivity contribution in [1.29, 1.82) is 0 Å². The number of hydrogen-bond donors (Lipinski definition) is 4. The number of carbonyl (C=O) groups excluding carboxylic acids is 3. The van der Waals surface area contributed by atoms with Crippen LogP contribution in [0.15, 0.2) is 12.2 Å². The number of nitrogens with zero attached hydrogens (tertiary/aromatic N) is 2. The maximum absolute atomic E-state index is 12.2. The summed E-state index contributed by atoms with van der Waals surface area (Å²) in [5.74, 6) is 0.588. The molecular formula is C33H67N5O5S. The molecule has 0 aromatic heterocycles. The molecule has 0 aliphatic carbocycles. The van der Waals surface area contributed by atoms with E-state index in [0.29, 0.717) is 5.92 Å². The lowest BCUT2D eigenvalue weighted by molar-refractivity contribution is -0.134. The predicted molar refractivity (Wildman–Crippen MR) is 187 cm³/mol. The zero-order valence-electron chi connectivity index (χ0n) is 30.0. The van der Waals surface area contributed by atoms with Crippen LogP contribution < -0.4 is 16.0 Å². The molecule has 0 radical (unpaired) electrons. The number of hydrogen-bond acceptors (Lipinski definition) is 6. The van der Waals surface area contributed by atoms with E-state index >= 15 is 0 Å². The molecule has 1 rings (SSSR count). The van der Waals surface area contributed by atoms with Gasteiger partial charge in [0, 0.05) is 43.9 Å².